The van der Waals surface area contributed by atoms with E-state index < -0.39 is 9.84 Å². The third kappa shape index (κ3) is 4.21. The van der Waals surface area contributed by atoms with Gasteiger partial charge in [-0.3, -0.25) is 0 Å². The van der Waals surface area contributed by atoms with Crippen LogP contribution in [0.4, 0.5) is 5.69 Å². The maximum atomic E-state index is 11.8. The first-order chi connectivity index (χ1) is 7.97. The van der Waals surface area contributed by atoms with Crippen molar-refractivity contribution in [2.24, 2.45) is 0 Å². The molecule has 1 atom stereocenters. The summed E-state index contributed by atoms with van der Waals surface area (Å²) in [7, 11) is -3.00. The van der Waals surface area contributed by atoms with Gasteiger partial charge >= 0.3 is 0 Å². The smallest absolute Gasteiger partial charge is 0.154 e. The van der Waals surface area contributed by atoms with Crippen molar-refractivity contribution < 1.29 is 8.42 Å². The lowest BCUT2D eigenvalue weighted by molar-refractivity contribution is 0.581. The fraction of sp³-hybridized carbons (Fsp3) is 0.500. The molecule has 0 amide bonds. The Morgan fingerprint density at radius 3 is 2.59 bits per heavy atom. The Bertz CT molecular complexity index is 459. The number of rotatable bonds is 6. The lowest BCUT2D eigenvalue weighted by atomic mass is 10.3. The first-order valence-electron chi connectivity index (χ1n) is 5.67. The maximum absolute atomic E-state index is 11.8. The van der Waals surface area contributed by atoms with Gasteiger partial charge in [0.2, 0.25) is 0 Å². The molecule has 0 aliphatic rings. The molecule has 0 saturated carbocycles. The van der Waals surface area contributed by atoms with Crippen molar-refractivity contribution >= 4 is 27.1 Å². The molecule has 3 nitrogen and oxygen atoms in total. The van der Waals surface area contributed by atoms with Crippen molar-refractivity contribution in [3.05, 3.63) is 29.3 Å². The van der Waals surface area contributed by atoms with E-state index in [0.29, 0.717) is 18.0 Å². The Balaban J connectivity index is 2.52. The van der Waals surface area contributed by atoms with Crippen LogP contribution in [0.1, 0.15) is 20.3 Å². The van der Waals surface area contributed by atoms with Crippen molar-refractivity contribution in [1.29, 1.82) is 0 Å². The Kier molecular flexibility index (Phi) is 5.28. The average molecular weight is 276 g/mol. The fourth-order valence-corrected chi connectivity index (χ4v) is 2.89. The van der Waals surface area contributed by atoms with Crippen molar-refractivity contribution in [1.82, 2.24) is 0 Å². The standard InChI is InChI=1S/C12H18ClNO2S/c1-3-10(2)17(15,16)9-8-14-12-7-5-4-6-11(12)13/h4-7,10,14H,3,8-9H2,1-2H3. The maximum Gasteiger partial charge on any atom is 0.154 e. The molecule has 5 heteroatoms. The van der Waals surface area contributed by atoms with Crippen LogP contribution in [0.25, 0.3) is 0 Å². The van der Waals surface area contributed by atoms with E-state index in [1.165, 1.54) is 0 Å². The highest BCUT2D eigenvalue weighted by atomic mass is 35.5. The van der Waals surface area contributed by atoms with Gasteiger partial charge < -0.3 is 5.32 Å². The van der Waals surface area contributed by atoms with E-state index >= 15 is 0 Å². The van der Waals surface area contributed by atoms with Crippen LogP contribution in [-0.2, 0) is 9.84 Å². The second-order valence-electron chi connectivity index (χ2n) is 3.99. The van der Waals surface area contributed by atoms with Gasteiger partial charge in [0.05, 0.1) is 21.7 Å². The van der Waals surface area contributed by atoms with Crippen LogP contribution in [0.15, 0.2) is 24.3 Å². The second-order valence-corrected chi connectivity index (χ2v) is 6.94. The van der Waals surface area contributed by atoms with Crippen molar-refractivity contribution in [2.45, 2.75) is 25.5 Å². The Hall–Kier alpha value is -0.740. The third-order valence-electron chi connectivity index (χ3n) is 2.76. The summed E-state index contributed by atoms with van der Waals surface area (Å²) in [4.78, 5) is 0. The van der Waals surface area contributed by atoms with E-state index in [9.17, 15) is 8.42 Å². The SMILES string of the molecule is CCC(C)S(=O)(=O)CCNc1ccccc1Cl. The number of hydrogen-bond donors (Lipinski definition) is 1. The number of benzene rings is 1. The monoisotopic (exact) mass is 275 g/mol. The van der Waals surface area contributed by atoms with E-state index in [-0.39, 0.29) is 11.0 Å². The van der Waals surface area contributed by atoms with Gasteiger partial charge in [0.25, 0.3) is 0 Å². The average Bonchev–Trinajstić information content (AvgIpc) is 2.30. The van der Waals surface area contributed by atoms with E-state index in [4.69, 9.17) is 11.6 Å². The summed E-state index contributed by atoms with van der Waals surface area (Å²) < 4.78 is 23.5. The molecular formula is C12H18ClNO2S. The molecule has 0 saturated heterocycles. The highest BCUT2D eigenvalue weighted by Crippen LogP contribution is 2.20. The number of sulfone groups is 1. The minimum atomic E-state index is -3.00. The fourth-order valence-electron chi connectivity index (χ4n) is 1.39. The van der Waals surface area contributed by atoms with Crippen molar-refractivity contribution in [3.63, 3.8) is 0 Å². The van der Waals surface area contributed by atoms with Gasteiger partial charge in [-0.15, -0.1) is 0 Å². The quantitative estimate of drug-likeness (QED) is 0.868. The highest BCUT2D eigenvalue weighted by Gasteiger charge is 2.18. The molecule has 96 valence electrons. The molecule has 0 aliphatic heterocycles. The molecule has 0 radical (unpaired) electrons. The van der Waals surface area contributed by atoms with Gasteiger partial charge in [0.1, 0.15) is 0 Å². The predicted molar refractivity (Wildman–Crippen MR) is 73.5 cm³/mol. The summed E-state index contributed by atoms with van der Waals surface area (Å²) in [5, 5.41) is 3.36. The Morgan fingerprint density at radius 1 is 1.35 bits per heavy atom. The number of anilines is 1. The normalized spacial score (nSPS) is 13.4. The summed E-state index contributed by atoms with van der Waals surface area (Å²) in [6.07, 6.45) is 0.647. The molecule has 0 spiro atoms. The summed E-state index contributed by atoms with van der Waals surface area (Å²) >= 11 is 5.95. The molecule has 1 aromatic rings. The minimum absolute atomic E-state index is 0.132. The first kappa shape index (κ1) is 14.3. The van der Waals surface area contributed by atoms with E-state index in [1.807, 2.05) is 25.1 Å². The number of hydrogen-bond acceptors (Lipinski definition) is 3. The zero-order chi connectivity index (χ0) is 12.9. The molecule has 1 N–H and O–H groups in total. The summed E-state index contributed by atoms with van der Waals surface area (Å²) in [5.41, 5.74) is 0.772. The van der Waals surface area contributed by atoms with Crippen LogP contribution >= 0.6 is 11.6 Å². The largest absolute Gasteiger partial charge is 0.383 e. The predicted octanol–water partition coefficient (Wildman–Crippen LogP) is 2.97. The first-order valence-corrected chi connectivity index (χ1v) is 7.76. The molecule has 0 bridgehead atoms. The zero-order valence-electron chi connectivity index (χ0n) is 10.1. The van der Waals surface area contributed by atoms with Crippen LogP contribution in [0.5, 0.6) is 0 Å². The van der Waals surface area contributed by atoms with Gasteiger partial charge in [-0.05, 0) is 25.5 Å². The van der Waals surface area contributed by atoms with Gasteiger partial charge in [0.15, 0.2) is 9.84 Å². The van der Waals surface area contributed by atoms with Gasteiger partial charge in [-0.2, -0.15) is 0 Å². The van der Waals surface area contributed by atoms with Crippen LogP contribution in [0.2, 0.25) is 5.02 Å². The van der Waals surface area contributed by atoms with Crippen LogP contribution in [0.3, 0.4) is 0 Å². The third-order valence-corrected chi connectivity index (χ3v) is 5.43. The van der Waals surface area contributed by atoms with Crippen LogP contribution in [0, 0.1) is 0 Å². The van der Waals surface area contributed by atoms with Gasteiger partial charge in [-0.1, -0.05) is 30.7 Å². The highest BCUT2D eigenvalue weighted by molar-refractivity contribution is 7.92. The number of para-hydroxylation sites is 1. The topological polar surface area (TPSA) is 46.2 Å². The zero-order valence-corrected chi connectivity index (χ0v) is 11.7. The molecule has 0 heterocycles. The second kappa shape index (κ2) is 6.26. The molecule has 0 aliphatic carbocycles. The summed E-state index contributed by atoms with van der Waals surface area (Å²) in [6.45, 7) is 4.00. The lowest BCUT2D eigenvalue weighted by Gasteiger charge is -2.12. The summed E-state index contributed by atoms with van der Waals surface area (Å²) in [5.74, 6) is 0.132. The Morgan fingerprint density at radius 2 is 2.00 bits per heavy atom. The van der Waals surface area contributed by atoms with Crippen molar-refractivity contribution in [2.75, 3.05) is 17.6 Å². The minimum Gasteiger partial charge on any atom is -0.383 e. The molecule has 1 rings (SSSR count). The molecule has 1 unspecified atom stereocenters. The Labute approximate surface area is 108 Å². The lowest BCUT2D eigenvalue weighted by Crippen LogP contribution is -2.24. The molecule has 0 aromatic heterocycles. The molecule has 0 fully saturated rings. The van der Waals surface area contributed by atoms with E-state index in [0.717, 1.165) is 5.69 Å². The van der Waals surface area contributed by atoms with Crippen LogP contribution < -0.4 is 5.32 Å². The molecule has 17 heavy (non-hydrogen) atoms. The molecule has 1 aromatic carbocycles. The summed E-state index contributed by atoms with van der Waals surface area (Å²) in [6, 6.07) is 7.30. The van der Waals surface area contributed by atoms with Gasteiger partial charge in [0, 0.05) is 6.54 Å². The van der Waals surface area contributed by atoms with E-state index in [1.54, 1.807) is 13.0 Å². The molecular weight excluding hydrogens is 258 g/mol. The number of nitrogens with one attached hydrogen (secondary N) is 1. The number of halogens is 1. The van der Waals surface area contributed by atoms with E-state index in [2.05, 4.69) is 5.32 Å². The van der Waals surface area contributed by atoms with Crippen LogP contribution in [-0.4, -0.2) is 26.0 Å². The van der Waals surface area contributed by atoms with Gasteiger partial charge in [-0.25, -0.2) is 8.42 Å². The van der Waals surface area contributed by atoms with Crippen molar-refractivity contribution in [3.8, 4) is 0 Å².